The highest BCUT2D eigenvalue weighted by molar-refractivity contribution is 5.89. The molecule has 1 aliphatic heterocycles. The van der Waals surface area contributed by atoms with Crippen molar-refractivity contribution in [1.29, 1.82) is 0 Å². The van der Waals surface area contributed by atoms with E-state index >= 15 is 0 Å². The largest absolute Gasteiger partial charge is 0.458 e. The molecule has 7 atom stereocenters. The molecule has 1 aliphatic rings. The van der Waals surface area contributed by atoms with Crippen LogP contribution >= 0.6 is 0 Å². The normalized spacial score (nSPS) is 19.0. The average Bonchev–Trinajstić information content (AvgIpc) is 3.34. The van der Waals surface area contributed by atoms with Gasteiger partial charge in [0.15, 0.2) is 6.29 Å². The topological polar surface area (TPSA) is 183 Å². The van der Waals surface area contributed by atoms with Gasteiger partial charge in [-0.1, -0.05) is 161 Å². The van der Waals surface area contributed by atoms with Gasteiger partial charge in [-0.2, -0.15) is 0 Å². The molecular formula is C57H81N3O12. The Kier molecular flexibility index (Phi) is 27.1. The minimum Gasteiger partial charge on any atom is -0.458 e. The summed E-state index contributed by atoms with van der Waals surface area (Å²) < 4.78 is 56.2. The Bertz CT molecular complexity index is 2050. The zero-order valence-electron chi connectivity index (χ0n) is 43.8. The van der Waals surface area contributed by atoms with Gasteiger partial charge in [0.25, 0.3) is 0 Å². The smallest absolute Gasteiger partial charge is 0.338 e. The summed E-state index contributed by atoms with van der Waals surface area (Å²) in [6, 6.07) is 26.6. The SMILES string of the molecule is CCCCCCCCCCCCCC=C[C@@H](OC(=O)c1ccccc1)[C@H](CO[C@H]1O[C@H](COCC(=O)OC(C)(C)C)[C@H](OCC(=O)OC(C)(C)C)[C@H](OCc2ccccc2)[C@H]1OCc1ccccc1)N=[N+]=[N-]. The Balaban J connectivity index is 1.64. The minimum atomic E-state index is -1.26. The lowest BCUT2D eigenvalue weighted by molar-refractivity contribution is -0.327. The minimum absolute atomic E-state index is 0.0946. The van der Waals surface area contributed by atoms with E-state index in [1.807, 2.05) is 66.7 Å². The van der Waals surface area contributed by atoms with Crippen LogP contribution in [-0.4, -0.2) is 98.4 Å². The number of ether oxygens (including phenoxy) is 9. The summed E-state index contributed by atoms with van der Waals surface area (Å²) in [6.45, 7) is 11.6. The number of carbonyl (C=O) groups excluding carboxylic acids is 3. The van der Waals surface area contributed by atoms with Crippen molar-refractivity contribution in [2.75, 3.05) is 26.4 Å². The van der Waals surface area contributed by atoms with Crippen molar-refractivity contribution in [1.82, 2.24) is 0 Å². The van der Waals surface area contributed by atoms with E-state index in [4.69, 9.17) is 42.6 Å². The van der Waals surface area contributed by atoms with Gasteiger partial charge in [-0.3, -0.25) is 0 Å². The molecule has 1 saturated heterocycles. The number of azide groups is 1. The van der Waals surface area contributed by atoms with Gasteiger partial charge >= 0.3 is 17.9 Å². The molecule has 0 amide bonds. The number of esters is 3. The van der Waals surface area contributed by atoms with E-state index in [1.54, 1.807) is 78.0 Å². The molecule has 0 spiro atoms. The average molecular weight is 1000 g/mol. The molecule has 3 aromatic carbocycles. The third kappa shape index (κ3) is 24.1. The second-order valence-corrected chi connectivity index (χ2v) is 20.1. The van der Waals surface area contributed by atoms with Gasteiger partial charge < -0.3 is 42.6 Å². The van der Waals surface area contributed by atoms with Gasteiger partial charge in [-0.25, -0.2) is 14.4 Å². The third-order valence-electron chi connectivity index (χ3n) is 11.5. The summed E-state index contributed by atoms with van der Waals surface area (Å²) in [4.78, 5) is 42.8. The van der Waals surface area contributed by atoms with Gasteiger partial charge in [0, 0.05) is 4.91 Å². The predicted octanol–water partition coefficient (Wildman–Crippen LogP) is 12.1. The van der Waals surface area contributed by atoms with Gasteiger partial charge in [-0.05, 0) is 89.3 Å². The van der Waals surface area contributed by atoms with Crippen molar-refractivity contribution in [3.05, 3.63) is 130 Å². The number of allylic oxidation sites excluding steroid dienone is 1. The van der Waals surface area contributed by atoms with Crippen LogP contribution in [0.4, 0.5) is 0 Å². The number of benzene rings is 3. The molecule has 72 heavy (non-hydrogen) atoms. The quantitative estimate of drug-likeness (QED) is 0.0107. The number of hydrogen-bond acceptors (Lipinski definition) is 13. The highest BCUT2D eigenvalue weighted by Gasteiger charge is 2.50. The molecule has 0 saturated carbocycles. The summed E-state index contributed by atoms with van der Waals surface area (Å²) in [5, 5.41) is 4.11. The first-order valence-corrected chi connectivity index (χ1v) is 25.8. The zero-order valence-corrected chi connectivity index (χ0v) is 43.8. The summed E-state index contributed by atoms with van der Waals surface area (Å²) >= 11 is 0. The molecule has 1 fully saturated rings. The van der Waals surface area contributed by atoms with E-state index < -0.39 is 85.2 Å². The molecule has 15 nitrogen and oxygen atoms in total. The van der Waals surface area contributed by atoms with E-state index in [9.17, 15) is 19.9 Å². The van der Waals surface area contributed by atoms with Crippen molar-refractivity contribution >= 4 is 17.9 Å². The molecule has 3 aromatic rings. The molecule has 1 heterocycles. The molecule has 0 aromatic heterocycles. The second-order valence-electron chi connectivity index (χ2n) is 20.1. The maximum absolute atomic E-state index is 13.6. The maximum atomic E-state index is 13.6. The molecule has 0 unspecified atom stereocenters. The molecule has 0 bridgehead atoms. The highest BCUT2D eigenvalue weighted by Crippen LogP contribution is 2.32. The Morgan fingerprint density at radius 3 is 1.71 bits per heavy atom. The highest BCUT2D eigenvalue weighted by atomic mass is 16.7. The number of nitrogens with zero attached hydrogens (tertiary/aromatic N) is 3. The Morgan fingerprint density at radius 2 is 1.17 bits per heavy atom. The number of hydrogen-bond donors (Lipinski definition) is 0. The van der Waals surface area contributed by atoms with Crippen LogP contribution in [0.15, 0.2) is 108 Å². The van der Waals surface area contributed by atoms with Crippen molar-refractivity contribution in [2.45, 2.75) is 193 Å². The Hall–Kier alpha value is -5.12. The lowest BCUT2D eigenvalue weighted by Gasteiger charge is -2.46. The van der Waals surface area contributed by atoms with E-state index in [0.29, 0.717) is 5.56 Å². The Labute approximate surface area is 428 Å². The van der Waals surface area contributed by atoms with Crippen LogP contribution in [0.25, 0.3) is 10.4 Å². The van der Waals surface area contributed by atoms with Crippen LogP contribution in [0, 0.1) is 0 Å². The van der Waals surface area contributed by atoms with Crippen molar-refractivity contribution in [3.63, 3.8) is 0 Å². The summed E-state index contributed by atoms with van der Waals surface area (Å²) in [5.41, 5.74) is 10.4. The van der Waals surface area contributed by atoms with Crippen LogP contribution in [-0.2, 0) is 65.4 Å². The summed E-state index contributed by atoms with van der Waals surface area (Å²) in [5.74, 6) is -1.82. The fourth-order valence-electron chi connectivity index (χ4n) is 8.03. The van der Waals surface area contributed by atoms with Gasteiger partial charge in [0.05, 0.1) is 32.0 Å². The molecule has 0 aliphatic carbocycles. The number of unbranched alkanes of at least 4 members (excludes halogenated alkanes) is 11. The van der Waals surface area contributed by atoms with Gasteiger partial charge in [-0.15, -0.1) is 0 Å². The van der Waals surface area contributed by atoms with E-state index in [-0.39, 0.29) is 26.4 Å². The first-order valence-electron chi connectivity index (χ1n) is 25.8. The number of carbonyl (C=O) groups is 3. The zero-order chi connectivity index (χ0) is 52.0. The van der Waals surface area contributed by atoms with Crippen molar-refractivity contribution in [2.24, 2.45) is 5.11 Å². The van der Waals surface area contributed by atoms with Crippen molar-refractivity contribution < 1.29 is 57.0 Å². The maximum Gasteiger partial charge on any atom is 0.338 e. The lowest BCUT2D eigenvalue weighted by Crippen LogP contribution is -2.62. The fraction of sp³-hybridized carbons (Fsp3) is 0.596. The van der Waals surface area contributed by atoms with Crippen LogP contribution in [0.3, 0.4) is 0 Å². The molecule has 0 radical (unpaired) electrons. The van der Waals surface area contributed by atoms with Gasteiger partial charge in [0.2, 0.25) is 0 Å². The molecule has 0 N–H and O–H groups in total. The monoisotopic (exact) mass is 1000 g/mol. The Morgan fingerprint density at radius 1 is 0.653 bits per heavy atom. The molecule has 15 heteroatoms. The van der Waals surface area contributed by atoms with Crippen LogP contribution in [0.1, 0.15) is 147 Å². The molecular weight excluding hydrogens is 919 g/mol. The standard InChI is InChI=1S/C57H81N3O12/c1-8-9-10-11-12-13-14-15-16-17-18-19-29-36-47(69-54(63)45-34-27-22-28-35-45)46(59-60-58)39-68-55-53(66-38-44-32-25-21-26-33-44)52(65-37-43-30-23-20-24-31-43)51(67-42-50(62)72-57(5,6)7)48(70-55)40-64-41-49(61)71-56(2,3)4/h20-36,46-48,51-53,55H,8-19,37-42H2,1-7H3/t46-,47+,48+,51-,52-,53+,55-/m0/s1. The molecule has 396 valence electrons. The number of rotatable bonds is 33. The van der Waals surface area contributed by atoms with E-state index in [1.165, 1.54) is 51.4 Å². The summed E-state index contributed by atoms with van der Waals surface area (Å²) in [6.07, 6.45) is 11.4. The first kappa shape index (κ1) is 59.4. The second kappa shape index (κ2) is 32.8. The van der Waals surface area contributed by atoms with E-state index in [2.05, 4.69) is 16.9 Å². The molecule has 4 rings (SSSR count). The van der Waals surface area contributed by atoms with Crippen LogP contribution in [0.5, 0.6) is 0 Å². The third-order valence-corrected chi connectivity index (χ3v) is 11.5. The predicted molar refractivity (Wildman–Crippen MR) is 276 cm³/mol. The fourth-order valence-corrected chi connectivity index (χ4v) is 8.03. The van der Waals surface area contributed by atoms with Crippen molar-refractivity contribution in [3.8, 4) is 0 Å². The summed E-state index contributed by atoms with van der Waals surface area (Å²) in [7, 11) is 0. The van der Waals surface area contributed by atoms with Crippen LogP contribution < -0.4 is 0 Å². The van der Waals surface area contributed by atoms with E-state index in [0.717, 1.165) is 36.8 Å². The van der Waals surface area contributed by atoms with Gasteiger partial charge in [0.1, 0.15) is 61.0 Å². The lowest BCUT2D eigenvalue weighted by atomic mass is 9.97. The van der Waals surface area contributed by atoms with Crippen LogP contribution in [0.2, 0.25) is 0 Å². The first-order chi connectivity index (χ1) is 34.7.